The molecule has 140 valence electrons. The van der Waals surface area contributed by atoms with Gasteiger partial charge in [-0.3, -0.25) is 4.68 Å². The van der Waals surface area contributed by atoms with Crippen molar-refractivity contribution in [1.29, 1.82) is 0 Å². The predicted octanol–water partition coefficient (Wildman–Crippen LogP) is 1.85. The summed E-state index contributed by atoms with van der Waals surface area (Å²) in [5, 5.41) is 14.8. The number of aliphatic hydroxyl groups is 1. The van der Waals surface area contributed by atoms with E-state index in [4.69, 9.17) is 4.74 Å². The number of aromatic nitrogens is 2. The van der Waals surface area contributed by atoms with Crippen molar-refractivity contribution in [3.8, 4) is 5.75 Å². The average Bonchev–Trinajstić information content (AvgIpc) is 3.39. The minimum Gasteiger partial charge on any atom is -0.495 e. The number of sulfonamides is 1. The molecule has 2 aliphatic rings. The van der Waals surface area contributed by atoms with Gasteiger partial charge in [0.1, 0.15) is 16.7 Å². The summed E-state index contributed by atoms with van der Waals surface area (Å²) in [6, 6.07) is 6.98. The van der Waals surface area contributed by atoms with Gasteiger partial charge in [-0.15, -0.1) is 0 Å². The highest BCUT2D eigenvalue weighted by Gasteiger charge is 2.35. The van der Waals surface area contributed by atoms with E-state index in [-0.39, 0.29) is 11.4 Å². The number of benzene rings is 1. The summed E-state index contributed by atoms with van der Waals surface area (Å²) in [5.74, 6) is 0.642. The van der Waals surface area contributed by atoms with Gasteiger partial charge in [0.25, 0.3) is 0 Å². The van der Waals surface area contributed by atoms with E-state index in [1.807, 2.05) is 19.1 Å². The molecule has 1 aliphatic heterocycles. The number of aryl methyl sites for hydroxylation is 1. The summed E-state index contributed by atoms with van der Waals surface area (Å²) in [4.78, 5) is 0.186. The molecule has 7 nitrogen and oxygen atoms in total. The number of fused-ring (bicyclic) bond motifs is 1. The van der Waals surface area contributed by atoms with Crippen molar-refractivity contribution in [3.05, 3.63) is 41.2 Å². The van der Waals surface area contributed by atoms with Crippen LogP contribution >= 0.6 is 0 Å². The standard InChI is InChI=1S/C18H23N3O4S/c1-12-3-6-16(25-2)17(9-12)26(23,24)20-7-8-21-14(11-20)10-15(19-21)18(22)13-4-5-13/h3,6,9-10,13,18,22H,4-5,7-8,11H2,1-2H3/t18-/m0/s1. The van der Waals surface area contributed by atoms with E-state index in [1.165, 1.54) is 11.4 Å². The number of ether oxygens (including phenoxy) is 1. The fourth-order valence-electron chi connectivity index (χ4n) is 3.39. The van der Waals surface area contributed by atoms with Crippen molar-refractivity contribution < 1.29 is 18.3 Å². The van der Waals surface area contributed by atoms with Crippen molar-refractivity contribution in [2.24, 2.45) is 5.92 Å². The minimum absolute atomic E-state index is 0.186. The van der Waals surface area contributed by atoms with Crippen molar-refractivity contribution in [2.45, 2.75) is 43.9 Å². The van der Waals surface area contributed by atoms with Gasteiger partial charge in [-0.1, -0.05) is 6.07 Å². The van der Waals surface area contributed by atoms with E-state index < -0.39 is 16.1 Å². The topological polar surface area (TPSA) is 84.7 Å². The maximum absolute atomic E-state index is 13.2. The normalized spacial score (nSPS) is 19.2. The maximum atomic E-state index is 13.2. The molecular weight excluding hydrogens is 354 g/mol. The SMILES string of the molecule is COc1ccc(C)cc1S(=O)(=O)N1CCn2nc([C@@H](O)C3CC3)cc2C1. The van der Waals surface area contributed by atoms with Crippen LogP contribution in [-0.4, -0.2) is 41.3 Å². The molecule has 1 fully saturated rings. The Morgan fingerprint density at radius 1 is 1.27 bits per heavy atom. The van der Waals surface area contributed by atoms with Crippen LogP contribution in [0, 0.1) is 12.8 Å². The second-order valence-corrected chi connectivity index (χ2v) is 8.97. The second kappa shape index (κ2) is 6.37. The molecule has 1 aliphatic carbocycles. The third-order valence-electron chi connectivity index (χ3n) is 5.09. The van der Waals surface area contributed by atoms with Gasteiger partial charge in [0.2, 0.25) is 10.0 Å². The molecule has 1 N–H and O–H groups in total. The summed E-state index contributed by atoms with van der Waals surface area (Å²) < 4.78 is 34.8. The Hall–Kier alpha value is -1.90. The van der Waals surface area contributed by atoms with E-state index >= 15 is 0 Å². The molecule has 2 heterocycles. The summed E-state index contributed by atoms with van der Waals surface area (Å²) in [5.41, 5.74) is 2.32. The van der Waals surface area contributed by atoms with E-state index in [9.17, 15) is 13.5 Å². The lowest BCUT2D eigenvalue weighted by molar-refractivity contribution is 0.148. The van der Waals surface area contributed by atoms with Gasteiger partial charge in [-0.25, -0.2) is 8.42 Å². The summed E-state index contributed by atoms with van der Waals surface area (Å²) in [7, 11) is -2.21. The Balaban J connectivity index is 1.63. The Bertz CT molecular complexity index is 934. The van der Waals surface area contributed by atoms with Gasteiger partial charge in [0.15, 0.2) is 0 Å². The van der Waals surface area contributed by atoms with E-state index in [0.717, 1.165) is 24.1 Å². The summed E-state index contributed by atoms with van der Waals surface area (Å²) in [6.45, 7) is 2.91. The van der Waals surface area contributed by atoms with Gasteiger partial charge >= 0.3 is 0 Å². The van der Waals surface area contributed by atoms with Gasteiger partial charge in [-0.2, -0.15) is 9.40 Å². The predicted molar refractivity (Wildman–Crippen MR) is 95.2 cm³/mol. The van der Waals surface area contributed by atoms with Crippen molar-refractivity contribution in [1.82, 2.24) is 14.1 Å². The number of nitrogens with zero attached hydrogens (tertiary/aromatic N) is 3. The summed E-state index contributed by atoms with van der Waals surface area (Å²) >= 11 is 0. The lowest BCUT2D eigenvalue weighted by Gasteiger charge is -2.27. The van der Waals surface area contributed by atoms with Gasteiger partial charge in [0, 0.05) is 6.54 Å². The second-order valence-electron chi connectivity index (χ2n) is 7.06. The van der Waals surface area contributed by atoms with Gasteiger partial charge < -0.3 is 9.84 Å². The number of methoxy groups -OCH3 is 1. The lowest BCUT2D eigenvalue weighted by atomic mass is 10.1. The molecule has 4 rings (SSSR count). The van der Waals surface area contributed by atoms with Crippen LogP contribution in [0.2, 0.25) is 0 Å². The molecule has 0 spiro atoms. The molecule has 8 heteroatoms. The molecule has 1 aromatic heterocycles. The van der Waals surface area contributed by atoms with Gasteiger partial charge in [-0.05, 0) is 49.4 Å². The quantitative estimate of drug-likeness (QED) is 0.860. The number of aliphatic hydroxyl groups excluding tert-OH is 1. The largest absolute Gasteiger partial charge is 0.495 e. The zero-order valence-electron chi connectivity index (χ0n) is 14.9. The molecular formula is C18H23N3O4S. The average molecular weight is 377 g/mol. The zero-order valence-corrected chi connectivity index (χ0v) is 15.7. The Morgan fingerprint density at radius 2 is 2.04 bits per heavy atom. The maximum Gasteiger partial charge on any atom is 0.247 e. The monoisotopic (exact) mass is 377 g/mol. The van der Waals surface area contributed by atoms with Crippen LogP contribution < -0.4 is 4.74 Å². The Labute approximate surface area is 153 Å². The van der Waals surface area contributed by atoms with Crippen LogP contribution in [0.1, 0.15) is 35.9 Å². The first kappa shape index (κ1) is 17.5. The zero-order chi connectivity index (χ0) is 18.5. The molecule has 1 aromatic carbocycles. The number of hydrogen-bond acceptors (Lipinski definition) is 5. The van der Waals surface area contributed by atoms with Gasteiger partial charge in [0.05, 0.1) is 31.6 Å². The molecule has 26 heavy (non-hydrogen) atoms. The first-order chi connectivity index (χ1) is 12.4. The number of hydrogen-bond donors (Lipinski definition) is 1. The van der Waals surface area contributed by atoms with Crippen LogP contribution in [0.4, 0.5) is 0 Å². The molecule has 0 amide bonds. The highest BCUT2D eigenvalue weighted by Crippen LogP contribution is 2.41. The van der Waals surface area contributed by atoms with Crippen LogP contribution in [0.3, 0.4) is 0 Å². The first-order valence-electron chi connectivity index (χ1n) is 8.79. The van der Waals surface area contributed by atoms with Crippen LogP contribution in [-0.2, 0) is 23.1 Å². The minimum atomic E-state index is -3.68. The highest BCUT2D eigenvalue weighted by molar-refractivity contribution is 7.89. The number of rotatable bonds is 5. The Kier molecular flexibility index (Phi) is 4.29. The highest BCUT2D eigenvalue weighted by atomic mass is 32.2. The molecule has 0 radical (unpaired) electrons. The van der Waals surface area contributed by atoms with Crippen molar-refractivity contribution in [2.75, 3.05) is 13.7 Å². The van der Waals surface area contributed by atoms with Crippen molar-refractivity contribution >= 4 is 10.0 Å². The van der Waals surface area contributed by atoms with Crippen LogP contribution in [0.15, 0.2) is 29.2 Å². The molecule has 0 unspecified atom stereocenters. The molecule has 1 saturated carbocycles. The van der Waals surface area contributed by atoms with Crippen LogP contribution in [0.25, 0.3) is 0 Å². The third kappa shape index (κ3) is 3.02. The van der Waals surface area contributed by atoms with E-state index in [2.05, 4.69) is 5.10 Å². The fourth-order valence-corrected chi connectivity index (χ4v) is 5.04. The molecule has 2 aromatic rings. The van der Waals surface area contributed by atoms with E-state index in [1.54, 1.807) is 16.8 Å². The fraction of sp³-hybridized carbons (Fsp3) is 0.500. The first-order valence-corrected chi connectivity index (χ1v) is 10.2. The van der Waals surface area contributed by atoms with Crippen LogP contribution in [0.5, 0.6) is 5.75 Å². The molecule has 1 atom stereocenters. The third-order valence-corrected chi connectivity index (χ3v) is 6.96. The smallest absolute Gasteiger partial charge is 0.247 e. The van der Waals surface area contributed by atoms with Crippen molar-refractivity contribution in [3.63, 3.8) is 0 Å². The summed E-state index contributed by atoms with van der Waals surface area (Å²) in [6.07, 6.45) is 1.50. The molecule has 0 bridgehead atoms. The molecule has 0 saturated heterocycles. The van der Waals surface area contributed by atoms with E-state index in [0.29, 0.717) is 30.5 Å². The lowest BCUT2D eigenvalue weighted by Crippen LogP contribution is -2.38. The Morgan fingerprint density at radius 3 is 2.73 bits per heavy atom.